The number of nitrogens with zero attached hydrogens (tertiary/aromatic N) is 2. The Bertz CT molecular complexity index is 1270. The maximum atomic E-state index is 13.2. The van der Waals surface area contributed by atoms with Crippen molar-refractivity contribution in [3.8, 4) is 0 Å². The number of anilines is 1. The summed E-state index contributed by atoms with van der Waals surface area (Å²) in [7, 11) is -3.56. The van der Waals surface area contributed by atoms with Gasteiger partial charge in [0.2, 0.25) is 10.0 Å². The highest BCUT2D eigenvalue weighted by molar-refractivity contribution is 7.89. The normalized spacial score (nSPS) is 15.2. The molecule has 0 saturated carbocycles. The molecular weight excluding hydrogens is 500 g/mol. The van der Waals surface area contributed by atoms with Crippen LogP contribution in [0, 0.1) is 0 Å². The van der Waals surface area contributed by atoms with Crippen LogP contribution in [0.2, 0.25) is 5.02 Å². The van der Waals surface area contributed by atoms with Crippen LogP contribution in [-0.4, -0.2) is 41.9 Å². The zero-order valence-electron chi connectivity index (χ0n) is 19.6. The Morgan fingerprint density at radius 1 is 1.00 bits per heavy atom. The lowest BCUT2D eigenvalue weighted by Gasteiger charge is -2.39. The van der Waals surface area contributed by atoms with Crippen LogP contribution in [0.5, 0.6) is 0 Å². The number of benzene rings is 3. The molecule has 0 unspecified atom stereocenters. The first-order chi connectivity index (χ1) is 16.8. The van der Waals surface area contributed by atoms with Crippen molar-refractivity contribution >= 4 is 44.5 Å². The summed E-state index contributed by atoms with van der Waals surface area (Å²) >= 11 is 12.4. The molecule has 0 spiro atoms. The number of halogens is 1. The summed E-state index contributed by atoms with van der Waals surface area (Å²) in [5, 5.41) is 10.0. The maximum Gasteiger partial charge on any atom is 0.243 e. The molecule has 3 aromatic rings. The molecule has 1 N–H and O–H groups in total. The molecule has 1 saturated heterocycles. The van der Waals surface area contributed by atoms with Crippen molar-refractivity contribution in [2.45, 2.75) is 43.7 Å². The minimum Gasteiger partial charge on any atom is -0.392 e. The molecule has 0 atom stereocenters. The van der Waals surface area contributed by atoms with Gasteiger partial charge in [0.05, 0.1) is 16.5 Å². The smallest absolute Gasteiger partial charge is 0.243 e. The van der Waals surface area contributed by atoms with Gasteiger partial charge in [0.1, 0.15) is 4.99 Å². The van der Waals surface area contributed by atoms with Crippen molar-refractivity contribution < 1.29 is 13.5 Å². The third-order valence-corrected chi connectivity index (χ3v) is 9.14. The summed E-state index contributed by atoms with van der Waals surface area (Å²) in [5.74, 6) is 0. The number of hydrogen-bond acceptors (Lipinski definition) is 4. The van der Waals surface area contributed by atoms with E-state index in [0.717, 1.165) is 28.8 Å². The molecule has 0 radical (unpaired) electrons. The topological polar surface area (TPSA) is 60.9 Å². The Hall–Kier alpha value is -2.29. The molecule has 1 fully saturated rings. The van der Waals surface area contributed by atoms with E-state index in [9.17, 15) is 13.5 Å². The lowest BCUT2D eigenvalue weighted by molar-refractivity contribution is 0.282. The predicted octanol–water partition coefficient (Wildman–Crippen LogP) is 5.43. The van der Waals surface area contributed by atoms with Gasteiger partial charge in [0.15, 0.2) is 0 Å². The fourth-order valence-electron chi connectivity index (χ4n) is 4.41. The van der Waals surface area contributed by atoms with Gasteiger partial charge in [-0.05, 0) is 60.7 Å². The second-order valence-corrected chi connectivity index (χ2v) is 11.3. The van der Waals surface area contributed by atoms with Crippen molar-refractivity contribution in [3.05, 3.63) is 94.5 Å². The van der Waals surface area contributed by atoms with Crippen molar-refractivity contribution in [1.82, 2.24) is 4.31 Å². The molecule has 184 valence electrons. The fraction of sp³-hybridized carbons (Fsp3) is 0.296. The Morgan fingerprint density at radius 2 is 1.60 bits per heavy atom. The number of thiocarbonyl (C=S) groups is 1. The molecule has 0 aromatic heterocycles. The largest absolute Gasteiger partial charge is 0.392 e. The van der Waals surface area contributed by atoms with Gasteiger partial charge in [-0.25, -0.2) is 8.42 Å². The van der Waals surface area contributed by atoms with Crippen LogP contribution in [0.3, 0.4) is 0 Å². The first kappa shape index (κ1) is 25.8. The highest BCUT2D eigenvalue weighted by Crippen LogP contribution is 2.30. The number of aliphatic hydroxyl groups is 1. The summed E-state index contributed by atoms with van der Waals surface area (Å²) in [6.07, 6.45) is 2.11. The average Bonchev–Trinajstić information content (AvgIpc) is 2.90. The zero-order chi connectivity index (χ0) is 25.0. The zero-order valence-corrected chi connectivity index (χ0v) is 22.0. The van der Waals surface area contributed by atoms with Gasteiger partial charge in [-0.1, -0.05) is 73.2 Å². The number of sulfonamides is 1. The number of aliphatic hydroxyl groups excluding tert-OH is 1. The van der Waals surface area contributed by atoms with Crippen molar-refractivity contribution in [1.29, 1.82) is 0 Å². The molecule has 8 heteroatoms. The van der Waals surface area contributed by atoms with Crippen molar-refractivity contribution in [2.24, 2.45) is 0 Å². The van der Waals surface area contributed by atoms with Crippen molar-refractivity contribution in [2.75, 3.05) is 18.0 Å². The monoisotopic (exact) mass is 528 g/mol. The van der Waals surface area contributed by atoms with E-state index in [1.165, 1.54) is 0 Å². The SMILES string of the molecule is CCc1ccc(S(=O)(=O)N2CCC(N(C(=S)c3ccccc3Cl)c3ccc(CO)cc3)CC2)cc1. The summed E-state index contributed by atoms with van der Waals surface area (Å²) in [6.45, 7) is 2.81. The van der Waals surface area contributed by atoms with E-state index in [0.29, 0.717) is 40.8 Å². The van der Waals surface area contributed by atoms with Gasteiger partial charge in [-0.3, -0.25) is 0 Å². The number of aryl methyl sites for hydroxylation is 1. The highest BCUT2D eigenvalue weighted by Gasteiger charge is 2.33. The predicted molar refractivity (Wildman–Crippen MR) is 146 cm³/mol. The molecule has 0 bridgehead atoms. The van der Waals surface area contributed by atoms with Gasteiger partial charge in [-0.15, -0.1) is 0 Å². The number of rotatable bonds is 7. The van der Waals surface area contributed by atoms with Crippen molar-refractivity contribution in [3.63, 3.8) is 0 Å². The van der Waals surface area contributed by atoms with E-state index in [4.69, 9.17) is 23.8 Å². The van der Waals surface area contributed by atoms with Gasteiger partial charge in [0.25, 0.3) is 0 Å². The minimum atomic E-state index is -3.56. The summed E-state index contributed by atoms with van der Waals surface area (Å²) in [4.78, 5) is 3.01. The van der Waals surface area contributed by atoms with E-state index in [1.54, 1.807) is 16.4 Å². The fourth-order valence-corrected chi connectivity index (χ4v) is 6.59. The van der Waals surface area contributed by atoms with E-state index in [2.05, 4.69) is 4.90 Å². The average molecular weight is 529 g/mol. The quantitative estimate of drug-likeness (QED) is 0.414. The number of hydrogen-bond donors (Lipinski definition) is 1. The molecule has 35 heavy (non-hydrogen) atoms. The maximum absolute atomic E-state index is 13.2. The second-order valence-electron chi connectivity index (χ2n) is 8.61. The Morgan fingerprint density at radius 3 is 2.17 bits per heavy atom. The van der Waals surface area contributed by atoms with Crippen LogP contribution in [0.25, 0.3) is 0 Å². The summed E-state index contributed by atoms with van der Waals surface area (Å²) < 4.78 is 28.1. The Labute approximate surface area is 218 Å². The van der Waals surface area contributed by atoms with Crippen LogP contribution in [0.15, 0.2) is 77.7 Å². The third kappa shape index (κ3) is 5.60. The van der Waals surface area contributed by atoms with E-state index in [-0.39, 0.29) is 12.6 Å². The van der Waals surface area contributed by atoms with Crippen LogP contribution in [0.4, 0.5) is 5.69 Å². The van der Waals surface area contributed by atoms with E-state index < -0.39 is 10.0 Å². The lowest BCUT2D eigenvalue weighted by atomic mass is 10.0. The van der Waals surface area contributed by atoms with Gasteiger partial charge in [0, 0.05) is 30.4 Å². The third-order valence-electron chi connectivity index (χ3n) is 6.48. The van der Waals surface area contributed by atoms with Crippen LogP contribution < -0.4 is 4.90 Å². The molecule has 1 aliphatic heterocycles. The second kappa shape index (κ2) is 11.2. The number of piperidine rings is 1. The van der Waals surface area contributed by atoms with E-state index in [1.807, 2.05) is 67.6 Å². The molecule has 4 rings (SSSR count). The lowest BCUT2D eigenvalue weighted by Crippen LogP contribution is -2.48. The standard InChI is InChI=1S/C27H29ClN2O3S2/c1-2-20-9-13-24(14-10-20)35(32,33)29-17-15-23(16-18-29)30(22-11-7-21(19-31)8-12-22)27(34)25-5-3-4-6-26(25)28/h3-14,23,31H,2,15-19H2,1H3. The summed E-state index contributed by atoms with van der Waals surface area (Å²) in [5.41, 5.74) is 3.58. The van der Waals surface area contributed by atoms with Crippen LogP contribution in [0.1, 0.15) is 36.5 Å². The first-order valence-electron chi connectivity index (χ1n) is 11.7. The van der Waals surface area contributed by atoms with Gasteiger partial charge < -0.3 is 10.0 Å². The molecule has 5 nitrogen and oxygen atoms in total. The molecular formula is C27H29ClN2O3S2. The highest BCUT2D eigenvalue weighted by atomic mass is 35.5. The first-order valence-corrected chi connectivity index (χ1v) is 13.9. The summed E-state index contributed by atoms with van der Waals surface area (Å²) in [6, 6.07) is 22.3. The van der Waals surface area contributed by atoms with Crippen LogP contribution in [-0.2, 0) is 23.1 Å². The Balaban J connectivity index is 1.58. The van der Waals surface area contributed by atoms with E-state index >= 15 is 0 Å². The molecule has 1 aliphatic rings. The Kier molecular flexibility index (Phi) is 8.24. The molecule has 0 amide bonds. The van der Waals surface area contributed by atoms with Gasteiger partial charge >= 0.3 is 0 Å². The van der Waals surface area contributed by atoms with Gasteiger partial charge in [-0.2, -0.15) is 4.31 Å². The van der Waals surface area contributed by atoms with Crippen LogP contribution >= 0.6 is 23.8 Å². The molecule has 3 aromatic carbocycles. The minimum absolute atomic E-state index is 0.00710. The molecule has 1 heterocycles. The molecule has 0 aliphatic carbocycles.